The number of aromatic nitrogens is 1. The van der Waals surface area contributed by atoms with Crippen LogP contribution in [-0.4, -0.2) is 11.7 Å². The Bertz CT molecular complexity index is 766. The summed E-state index contributed by atoms with van der Waals surface area (Å²) < 4.78 is 21.3. The average Bonchev–Trinajstić information content (AvgIpc) is 2.84. The largest absolute Gasteiger partial charge is 0.497 e. The molecular weight excluding hydrogens is 321 g/mol. The van der Waals surface area contributed by atoms with Crippen LogP contribution in [0, 0.1) is 5.82 Å². The predicted octanol–water partition coefficient (Wildman–Crippen LogP) is 4.60. The van der Waals surface area contributed by atoms with Crippen molar-refractivity contribution in [2.45, 2.75) is 6.54 Å². The maximum absolute atomic E-state index is 13.1. The fraction of sp³-hybridized carbons (Fsp3) is 0.125. The second-order valence-electron chi connectivity index (χ2n) is 4.60. The zero-order chi connectivity index (χ0) is 14.1. The minimum atomic E-state index is -0.234. The second kappa shape index (κ2) is 5.29. The van der Waals surface area contributed by atoms with E-state index in [0.717, 1.165) is 26.7 Å². The molecule has 0 aliphatic carbocycles. The molecule has 1 aromatic heterocycles. The second-order valence-corrected chi connectivity index (χ2v) is 5.46. The van der Waals surface area contributed by atoms with Gasteiger partial charge in [0.1, 0.15) is 11.6 Å². The summed E-state index contributed by atoms with van der Waals surface area (Å²) in [5, 5.41) is 1.13. The van der Waals surface area contributed by atoms with Gasteiger partial charge in [-0.05, 0) is 42.0 Å². The Morgan fingerprint density at radius 1 is 1.15 bits per heavy atom. The van der Waals surface area contributed by atoms with E-state index in [1.165, 1.54) is 12.1 Å². The fourth-order valence-corrected chi connectivity index (χ4v) is 2.75. The Kier molecular flexibility index (Phi) is 3.49. The number of methoxy groups -OCH3 is 1. The summed E-state index contributed by atoms with van der Waals surface area (Å²) in [5.74, 6) is 0.612. The smallest absolute Gasteiger partial charge is 0.124 e. The van der Waals surface area contributed by atoms with Crippen molar-refractivity contribution in [2.75, 3.05) is 7.11 Å². The summed E-state index contributed by atoms with van der Waals surface area (Å²) in [6.45, 7) is 0.691. The highest BCUT2D eigenvalue weighted by molar-refractivity contribution is 9.10. The minimum Gasteiger partial charge on any atom is -0.497 e. The van der Waals surface area contributed by atoms with Crippen LogP contribution in [0.1, 0.15) is 5.56 Å². The molecule has 0 saturated heterocycles. The average molecular weight is 334 g/mol. The molecule has 2 nitrogen and oxygen atoms in total. The predicted molar refractivity (Wildman–Crippen MR) is 81.7 cm³/mol. The van der Waals surface area contributed by atoms with Crippen LogP contribution in [-0.2, 0) is 6.54 Å². The van der Waals surface area contributed by atoms with E-state index in [1.54, 1.807) is 13.2 Å². The maximum atomic E-state index is 13.1. The van der Waals surface area contributed by atoms with Crippen molar-refractivity contribution in [1.29, 1.82) is 0 Å². The van der Waals surface area contributed by atoms with E-state index in [1.807, 2.05) is 24.4 Å². The van der Waals surface area contributed by atoms with E-state index in [-0.39, 0.29) is 5.82 Å². The first-order valence-electron chi connectivity index (χ1n) is 6.24. The van der Waals surface area contributed by atoms with Crippen LogP contribution in [0.2, 0.25) is 0 Å². The van der Waals surface area contributed by atoms with Crippen LogP contribution in [0.5, 0.6) is 5.75 Å². The molecule has 0 aliphatic rings. The first-order chi connectivity index (χ1) is 9.67. The lowest BCUT2D eigenvalue weighted by Crippen LogP contribution is -1.99. The van der Waals surface area contributed by atoms with Crippen molar-refractivity contribution in [2.24, 2.45) is 0 Å². The van der Waals surface area contributed by atoms with E-state index in [9.17, 15) is 4.39 Å². The van der Waals surface area contributed by atoms with E-state index in [2.05, 4.69) is 26.6 Å². The van der Waals surface area contributed by atoms with Crippen LogP contribution in [0.3, 0.4) is 0 Å². The molecule has 0 N–H and O–H groups in total. The first kappa shape index (κ1) is 13.2. The molecule has 0 fully saturated rings. The summed E-state index contributed by atoms with van der Waals surface area (Å²) in [6.07, 6.45) is 2.03. The van der Waals surface area contributed by atoms with Gasteiger partial charge < -0.3 is 9.30 Å². The van der Waals surface area contributed by atoms with Crippen LogP contribution in [0.15, 0.2) is 53.1 Å². The molecule has 0 unspecified atom stereocenters. The first-order valence-corrected chi connectivity index (χ1v) is 7.03. The van der Waals surface area contributed by atoms with Crippen LogP contribution in [0.4, 0.5) is 4.39 Å². The monoisotopic (exact) mass is 333 g/mol. The van der Waals surface area contributed by atoms with Crippen molar-refractivity contribution in [3.8, 4) is 5.75 Å². The Morgan fingerprint density at radius 2 is 2.00 bits per heavy atom. The van der Waals surface area contributed by atoms with Crippen molar-refractivity contribution in [1.82, 2.24) is 4.57 Å². The standard InChI is InChI=1S/C16H13BrFNO/c1-20-14-4-5-16-11(8-14)6-7-19(16)10-12-2-3-13(18)9-15(12)17/h2-9H,10H2,1H3. The van der Waals surface area contributed by atoms with Crippen molar-refractivity contribution in [3.63, 3.8) is 0 Å². The number of fused-ring (bicyclic) bond motifs is 1. The molecule has 0 saturated carbocycles. The van der Waals surface area contributed by atoms with Gasteiger partial charge in [-0.2, -0.15) is 0 Å². The molecular formula is C16H13BrFNO. The molecule has 0 spiro atoms. The molecule has 3 rings (SSSR count). The molecule has 102 valence electrons. The summed E-state index contributed by atoms with van der Waals surface area (Å²) in [4.78, 5) is 0. The van der Waals surface area contributed by atoms with Gasteiger partial charge in [0.15, 0.2) is 0 Å². The molecule has 0 radical (unpaired) electrons. The van der Waals surface area contributed by atoms with Gasteiger partial charge in [0.2, 0.25) is 0 Å². The summed E-state index contributed by atoms with van der Waals surface area (Å²) in [7, 11) is 1.66. The van der Waals surface area contributed by atoms with E-state index >= 15 is 0 Å². The fourth-order valence-electron chi connectivity index (χ4n) is 2.28. The van der Waals surface area contributed by atoms with Gasteiger partial charge in [-0.3, -0.25) is 0 Å². The van der Waals surface area contributed by atoms with E-state index in [4.69, 9.17) is 4.74 Å². The topological polar surface area (TPSA) is 14.2 Å². The number of hydrogen-bond acceptors (Lipinski definition) is 1. The number of benzene rings is 2. The summed E-state index contributed by atoms with van der Waals surface area (Å²) in [5.41, 5.74) is 2.17. The molecule has 0 aliphatic heterocycles. The van der Waals surface area contributed by atoms with Crippen molar-refractivity contribution < 1.29 is 9.13 Å². The lowest BCUT2D eigenvalue weighted by Gasteiger charge is -2.08. The molecule has 0 amide bonds. The van der Waals surface area contributed by atoms with Gasteiger partial charge in [0, 0.05) is 28.1 Å². The van der Waals surface area contributed by atoms with Gasteiger partial charge in [0.05, 0.1) is 7.11 Å². The molecule has 1 heterocycles. The highest BCUT2D eigenvalue weighted by Gasteiger charge is 2.06. The zero-order valence-electron chi connectivity index (χ0n) is 10.9. The third-order valence-corrected chi connectivity index (χ3v) is 4.07. The van der Waals surface area contributed by atoms with Gasteiger partial charge in [-0.15, -0.1) is 0 Å². The number of hydrogen-bond donors (Lipinski definition) is 0. The number of ether oxygens (including phenoxy) is 1. The maximum Gasteiger partial charge on any atom is 0.124 e. The Morgan fingerprint density at radius 3 is 2.75 bits per heavy atom. The van der Waals surface area contributed by atoms with Gasteiger partial charge in [0.25, 0.3) is 0 Å². The van der Waals surface area contributed by atoms with Crippen LogP contribution < -0.4 is 4.74 Å². The third-order valence-electron chi connectivity index (χ3n) is 3.33. The Hall–Kier alpha value is -1.81. The Labute approximate surface area is 124 Å². The number of halogens is 2. The molecule has 2 aromatic carbocycles. The molecule has 4 heteroatoms. The van der Waals surface area contributed by atoms with Gasteiger partial charge >= 0.3 is 0 Å². The van der Waals surface area contributed by atoms with Gasteiger partial charge in [-0.25, -0.2) is 4.39 Å². The SMILES string of the molecule is COc1ccc2c(ccn2Cc2ccc(F)cc2Br)c1. The Balaban J connectivity index is 1.98. The highest BCUT2D eigenvalue weighted by Crippen LogP contribution is 2.24. The lowest BCUT2D eigenvalue weighted by molar-refractivity contribution is 0.415. The van der Waals surface area contributed by atoms with E-state index < -0.39 is 0 Å². The quantitative estimate of drug-likeness (QED) is 0.683. The molecule has 0 atom stereocenters. The number of nitrogens with zero attached hydrogens (tertiary/aromatic N) is 1. The highest BCUT2D eigenvalue weighted by atomic mass is 79.9. The molecule has 0 bridgehead atoms. The zero-order valence-corrected chi connectivity index (χ0v) is 12.5. The normalized spacial score (nSPS) is 10.9. The summed E-state index contributed by atoms with van der Waals surface area (Å²) in [6, 6.07) is 12.8. The lowest BCUT2D eigenvalue weighted by atomic mass is 10.2. The van der Waals surface area contributed by atoms with Crippen LogP contribution in [0.25, 0.3) is 10.9 Å². The minimum absolute atomic E-state index is 0.234. The molecule has 20 heavy (non-hydrogen) atoms. The third kappa shape index (κ3) is 2.43. The number of rotatable bonds is 3. The van der Waals surface area contributed by atoms with Crippen molar-refractivity contribution in [3.05, 3.63) is 64.5 Å². The molecule has 3 aromatic rings. The van der Waals surface area contributed by atoms with Crippen molar-refractivity contribution >= 4 is 26.8 Å². The summed E-state index contributed by atoms with van der Waals surface area (Å²) >= 11 is 3.41. The van der Waals surface area contributed by atoms with Gasteiger partial charge in [-0.1, -0.05) is 22.0 Å². The van der Waals surface area contributed by atoms with E-state index in [0.29, 0.717) is 6.54 Å². The van der Waals surface area contributed by atoms with Crippen LogP contribution >= 0.6 is 15.9 Å².